The maximum Gasteiger partial charge on any atom is 0.230 e. The molecule has 2 aliphatic rings. The van der Waals surface area contributed by atoms with Crippen LogP contribution in [0, 0.1) is 5.92 Å². The van der Waals surface area contributed by atoms with Gasteiger partial charge in [0.15, 0.2) is 0 Å². The number of imide groups is 1. The third kappa shape index (κ3) is 2.89. The molecule has 5 nitrogen and oxygen atoms in total. The zero-order valence-corrected chi connectivity index (χ0v) is 12.7. The van der Waals surface area contributed by atoms with Gasteiger partial charge in [0.1, 0.15) is 0 Å². The molecule has 1 saturated carbocycles. The fourth-order valence-corrected chi connectivity index (χ4v) is 3.16. The Labute approximate surface area is 129 Å². The molecule has 1 aliphatic heterocycles. The van der Waals surface area contributed by atoms with E-state index in [2.05, 4.69) is 17.4 Å². The Kier molecular flexibility index (Phi) is 3.72. The number of carbonyl (C=O) groups excluding carboxylic acids is 3. The molecule has 1 saturated heterocycles. The number of nitrogens with zero attached hydrogens (tertiary/aromatic N) is 1. The van der Waals surface area contributed by atoms with E-state index in [9.17, 15) is 14.4 Å². The molecule has 3 rings (SSSR count). The predicted octanol–water partition coefficient (Wildman–Crippen LogP) is 1.23. The lowest BCUT2D eigenvalue weighted by Crippen LogP contribution is -2.36. The standard InChI is InChI=1S/C17H20N2O3/c1-19(15(21)10-12-9-14(20)18-16(12)22)11-17(7-8-17)13-5-3-2-4-6-13/h2-6,12H,7-11H2,1H3,(H,18,20,22)/t12-/m1/s1. The summed E-state index contributed by atoms with van der Waals surface area (Å²) < 4.78 is 0. The maximum absolute atomic E-state index is 12.3. The molecule has 3 amide bonds. The van der Waals surface area contributed by atoms with Crippen molar-refractivity contribution in [2.45, 2.75) is 31.1 Å². The second-order valence-electron chi connectivity index (χ2n) is 6.41. The second-order valence-corrected chi connectivity index (χ2v) is 6.41. The first-order valence-corrected chi connectivity index (χ1v) is 7.63. The summed E-state index contributed by atoms with van der Waals surface area (Å²) in [6, 6.07) is 10.2. The van der Waals surface area contributed by atoms with E-state index in [1.807, 2.05) is 18.2 Å². The van der Waals surface area contributed by atoms with Gasteiger partial charge in [-0.15, -0.1) is 0 Å². The summed E-state index contributed by atoms with van der Waals surface area (Å²) in [6.45, 7) is 0.665. The summed E-state index contributed by atoms with van der Waals surface area (Å²) in [5.74, 6) is -1.18. The minimum atomic E-state index is -0.505. The van der Waals surface area contributed by atoms with Crippen LogP contribution in [0.3, 0.4) is 0 Å². The van der Waals surface area contributed by atoms with Gasteiger partial charge in [-0.25, -0.2) is 0 Å². The van der Waals surface area contributed by atoms with Crippen molar-refractivity contribution in [2.75, 3.05) is 13.6 Å². The summed E-state index contributed by atoms with van der Waals surface area (Å²) in [5.41, 5.74) is 1.34. The molecule has 116 valence electrons. The molecule has 1 aromatic carbocycles. The van der Waals surface area contributed by atoms with Crippen molar-refractivity contribution in [3.63, 3.8) is 0 Å². The van der Waals surface area contributed by atoms with E-state index in [0.717, 1.165) is 12.8 Å². The number of hydrogen-bond acceptors (Lipinski definition) is 3. The van der Waals surface area contributed by atoms with E-state index in [0.29, 0.717) is 6.54 Å². The summed E-state index contributed by atoms with van der Waals surface area (Å²) in [6.07, 6.45) is 2.40. The summed E-state index contributed by atoms with van der Waals surface area (Å²) in [5, 5.41) is 2.25. The lowest BCUT2D eigenvalue weighted by atomic mass is 9.95. The molecule has 1 atom stereocenters. The molecule has 1 N–H and O–H groups in total. The molecule has 0 unspecified atom stereocenters. The summed E-state index contributed by atoms with van der Waals surface area (Å²) >= 11 is 0. The molecule has 1 heterocycles. The van der Waals surface area contributed by atoms with Crippen LogP contribution in [-0.4, -0.2) is 36.2 Å². The van der Waals surface area contributed by atoms with E-state index < -0.39 is 5.92 Å². The van der Waals surface area contributed by atoms with E-state index >= 15 is 0 Å². The third-order valence-corrected chi connectivity index (χ3v) is 4.69. The van der Waals surface area contributed by atoms with Crippen LogP contribution in [0.25, 0.3) is 0 Å². The van der Waals surface area contributed by atoms with E-state index in [1.54, 1.807) is 11.9 Å². The average molecular weight is 300 g/mol. The Balaban J connectivity index is 1.60. The number of benzene rings is 1. The molecular weight excluding hydrogens is 280 g/mol. The van der Waals surface area contributed by atoms with Crippen molar-refractivity contribution in [3.8, 4) is 0 Å². The number of hydrogen-bond donors (Lipinski definition) is 1. The van der Waals surface area contributed by atoms with Crippen molar-refractivity contribution in [3.05, 3.63) is 35.9 Å². The highest BCUT2D eigenvalue weighted by atomic mass is 16.2. The zero-order valence-electron chi connectivity index (χ0n) is 12.7. The Morgan fingerprint density at radius 3 is 2.50 bits per heavy atom. The molecule has 0 radical (unpaired) electrons. The molecule has 0 bridgehead atoms. The Hall–Kier alpha value is -2.17. The average Bonchev–Trinajstić information content (AvgIpc) is 3.21. The molecule has 1 aliphatic carbocycles. The van der Waals surface area contributed by atoms with Crippen LogP contribution in [0.2, 0.25) is 0 Å². The number of carbonyl (C=O) groups is 3. The van der Waals surface area contributed by atoms with Gasteiger partial charge in [0, 0.05) is 31.8 Å². The van der Waals surface area contributed by atoms with Gasteiger partial charge in [-0.1, -0.05) is 30.3 Å². The minimum absolute atomic E-state index is 0.0689. The smallest absolute Gasteiger partial charge is 0.230 e. The molecule has 22 heavy (non-hydrogen) atoms. The molecule has 1 aromatic rings. The van der Waals surface area contributed by atoms with Gasteiger partial charge in [0.05, 0.1) is 5.92 Å². The van der Waals surface area contributed by atoms with Crippen molar-refractivity contribution in [1.29, 1.82) is 0 Å². The Morgan fingerprint density at radius 1 is 1.27 bits per heavy atom. The first-order chi connectivity index (χ1) is 10.5. The monoisotopic (exact) mass is 300 g/mol. The Morgan fingerprint density at radius 2 is 1.95 bits per heavy atom. The normalized spacial score (nSPS) is 22.3. The van der Waals surface area contributed by atoms with Crippen LogP contribution in [-0.2, 0) is 19.8 Å². The largest absolute Gasteiger partial charge is 0.345 e. The topological polar surface area (TPSA) is 66.5 Å². The first kappa shape index (κ1) is 14.8. The lowest BCUT2D eigenvalue weighted by molar-refractivity contribution is -0.134. The molecular formula is C17H20N2O3. The summed E-state index contributed by atoms with van der Waals surface area (Å²) in [4.78, 5) is 36.8. The SMILES string of the molecule is CN(CC1(c2ccccc2)CC1)C(=O)C[C@H]1CC(=O)NC1=O. The fourth-order valence-electron chi connectivity index (χ4n) is 3.16. The Bertz CT molecular complexity index is 608. The predicted molar refractivity (Wildman–Crippen MR) is 80.9 cm³/mol. The molecule has 0 aromatic heterocycles. The number of likely N-dealkylation sites (N-methyl/N-ethyl adjacent to an activating group) is 1. The van der Waals surface area contributed by atoms with Crippen LogP contribution in [0.5, 0.6) is 0 Å². The van der Waals surface area contributed by atoms with Crippen LogP contribution in [0.1, 0.15) is 31.2 Å². The number of nitrogens with one attached hydrogen (secondary N) is 1. The highest BCUT2D eigenvalue weighted by Gasteiger charge is 2.45. The second kappa shape index (κ2) is 5.55. The van der Waals surface area contributed by atoms with Gasteiger partial charge < -0.3 is 4.90 Å². The van der Waals surface area contributed by atoms with E-state index in [-0.39, 0.29) is 36.0 Å². The fraction of sp³-hybridized carbons (Fsp3) is 0.471. The van der Waals surface area contributed by atoms with Crippen molar-refractivity contribution < 1.29 is 14.4 Å². The van der Waals surface area contributed by atoms with Crippen molar-refractivity contribution >= 4 is 17.7 Å². The highest BCUT2D eigenvalue weighted by Crippen LogP contribution is 2.48. The van der Waals surface area contributed by atoms with Gasteiger partial charge in [0.2, 0.25) is 17.7 Å². The third-order valence-electron chi connectivity index (χ3n) is 4.69. The van der Waals surface area contributed by atoms with Crippen molar-refractivity contribution in [1.82, 2.24) is 10.2 Å². The van der Waals surface area contributed by atoms with Crippen LogP contribution >= 0.6 is 0 Å². The molecule has 2 fully saturated rings. The van der Waals surface area contributed by atoms with Gasteiger partial charge in [0.25, 0.3) is 0 Å². The van der Waals surface area contributed by atoms with Crippen LogP contribution in [0.4, 0.5) is 0 Å². The van der Waals surface area contributed by atoms with Crippen molar-refractivity contribution in [2.24, 2.45) is 5.92 Å². The van der Waals surface area contributed by atoms with Crippen LogP contribution in [0.15, 0.2) is 30.3 Å². The quantitative estimate of drug-likeness (QED) is 0.832. The van der Waals surface area contributed by atoms with E-state index in [4.69, 9.17) is 0 Å². The van der Waals surface area contributed by atoms with Gasteiger partial charge in [-0.05, 0) is 18.4 Å². The van der Waals surface area contributed by atoms with Gasteiger partial charge in [-0.2, -0.15) is 0 Å². The van der Waals surface area contributed by atoms with Gasteiger partial charge in [-0.3, -0.25) is 19.7 Å². The maximum atomic E-state index is 12.3. The highest BCUT2D eigenvalue weighted by molar-refractivity contribution is 6.04. The minimum Gasteiger partial charge on any atom is -0.345 e. The number of rotatable bonds is 5. The molecule has 0 spiro atoms. The van der Waals surface area contributed by atoms with E-state index in [1.165, 1.54) is 5.56 Å². The number of amides is 3. The van der Waals surface area contributed by atoms with Gasteiger partial charge >= 0.3 is 0 Å². The zero-order chi connectivity index (χ0) is 15.7. The lowest BCUT2D eigenvalue weighted by Gasteiger charge is -2.25. The first-order valence-electron chi connectivity index (χ1n) is 7.63. The van der Waals surface area contributed by atoms with Crippen LogP contribution < -0.4 is 5.32 Å². The summed E-state index contributed by atoms with van der Waals surface area (Å²) in [7, 11) is 1.78. The molecule has 5 heteroatoms.